The molecule has 1 aromatic carbocycles. The molecule has 0 aromatic heterocycles. The molecule has 4 heteroatoms. The van der Waals surface area contributed by atoms with Crippen molar-refractivity contribution in [2.75, 3.05) is 25.5 Å². The Labute approximate surface area is 114 Å². The van der Waals surface area contributed by atoms with Crippen molar-refractivity contribution in [1.82, 2.24) is 0 Å². The first-order valence-electron chi connectivity index (χ1n) is 7.00. The number of quaternary nitrogens is 1. The molecule has 0 bridgehead atoms. The fourth-order valence-electron chi connectivity index (χ4n) is 2.58. The van der Waals surface area contributed by atoms with Crippen molar-refractivity contribution in [3.63, 3.8) is 0 Å². The fraction of sp³-hybridized carbons (Fsp3) is 0.533. The molecule has 104 valence electrons. The van der Waals surface area contributed by atoms with Crippen LogP contribution in [0, 0.1) is 0 Å². The smallest absolute Gasteiger partial charge is 0.282 e. The summed E-state index contributed by atoms with van der Waals surface area (Å²) in [4.78, 5) is 13.6. The van der Waals surface area contributed by atoms with Gasteiger partial charge < -0.3 is 15.0 Å². The first-order chi connectivity index (χ1) is 9.20. The van der Waals surface area contributed by atoms with E-state index in [0.29, 0.717) is 0 Å². The average Bonchev–Trinajstić information content (AvgIpc) is 2.47. The minimum atomic E-state index is 0.00602. The first kappa shape index (κ1) is 13.9. The number of nitrogens with one attached hydrogen (secondary N) is 2. The summed E-state index contributed by atoms with van der Waals surface area (Å²) in [7, 11) is 1.63. The zero-order valence-corrected chi connectivity index (χ0v) is 11.7. The maximum atomic E-state index is 12.2. The summed E-state index contributed by atoms with van der Waals surface area (Å²) in [5.74, 6) is 0.848. The molecular formula is C15H23N2O2+. The molecule has 0 unspecified atom stereocenters. The molecule has 1 heterocycles. The van der Waals surface area contributed by atoms with Crippen LogP contribution in [0.15, 0.2) is 24.3 Å². The van der Waals surface area contributed by atoms with Gasteiger partial charge in [-0.3, -0.25) is 4.79 Å². The molecule has 2 rings (SSSR count). The van der Waals surface area contributed by atoms with E-state index in [1.54, 1.807) is 7.11 Å². The second-order valence-corrected chi connectivity index (χ2v) is 5.16. The van der Waals surface area contributed by atoms with Crippen LogP contribution in [0.25, 0.3) is 0 Å². The summed E-state index contributed by atoms with van der Waals surface area (Å²) < 4.78 is 5.16. The Hall–Kier alpha value is -1.55. The van der Waals surface area contributed by atoms with E-state index in [2.05, 4.69) is 5.32 Å². The van der Waals surface area contributed by atoms with Crippen LogP contribution in [0.3, 0.4) is 0 Å². The highest BCUT2D eigenvalue weighted by Gasteiger charge is 2.26. The zero-order valence-electron chi connectivity index (χ0n) is 11.7. The van der Waals surface area contributed by atoms with E-state index in [1.165, 1.54) is 24.2 Å². The number of piperidine rings is 1. The second-order valence-electron chi connectivity index (χ2n) is 5.16. The van der Waals surface area contributed by atoms with Crippen LogP contribution in [0.1, 0.15) is 26.2 Å². The topological polar surface area (TPSA) is 42.8 Å². The molecule has 0 saturated carbocycles. The lowest BCUT2D eigenvalue weighted by Crippen LogP contribution is -3.17. The predicted octanol–water partition coefficient (Wildman–Crippen LogP) is 1.09. The van der Waals surface area contributed by atoms with Crippen LogP contribution in [0.4, 0.5) is 5.69 Å². The fourth-order valence-corrected chi connectivity index (χ4v) is 2.58. The van der Waals surface area contributed by atoms with Crippen molar-refractivity contribution in [2.24, 2.45) is 0 Å². The molecule has 1 aromatic rings. The average molecular weight is 263 g/mol. The minimum Gasteiger partial charge on any atom is -0.497 e. The molecule has 1 aliphatic heterocycles. The molecule has 2 N–H and O–H groups in total. The van der Waals surface area contributed by atoms with Crippen LogP contribution >= 0.6 is 0 Å². The lowest BCUT2D eigenvalue weighted by atomic mass is 10.1. The van der Waals surface area contributed by atoms with Gasteiger partial charge in [0.25, 0.3) is 5.91 Å². The third-order valence-electron chi connectivity index (χ3n) is 3.84. The summed E-state index contributed by atoms with van der Waals surface area (Å²) in [6.45, 7) is 4.22. The number of methoxy groups -OCH3 is 1. The monoisotopic (exact) mass is 263 g/mol. The molecule has 0 radical (unpaired) electrons. The van der Waals surface area contributed by atoms with Crippen molar-refractivity contribution in [3.8, 4) is 5.75 Å². The predicted molar refractivity (Wildman–Crippen MR) is 75.6 cm³/mol. The minimum absolute atomic E-state index is 0.00602. The Morgan fingerprint density at radius 3 is 2.74 bits per heavy atom. The number of likely N-dealkylation sites (tertiary alicyclic amines) is 1. The van der Waals surface area contributed by atoms with Crippen LogP contribution in [0.2, 0.25) is 0 Å². The molecular weight excluding hydrogens is 240 g/mol. The van der Waals surface area contributed by atoms with E-state index in [9.17, 15) is 4.79 Å². The van der Waals surface area contributed by atoms with Crippen LogP contribution in [-0.2, 0) is 4.79 Å². The van der Waals surface area contributed by atoms with E-state index in [1.807, 2.05) is 31.2 Å². The molecule has 1 amide bonds. The van der Waals surface area contributed by atoms with Gasteiger partial charge in [0.1, 0.15) is 5.75 Å². The molecule has 0 aliphatic carbocycles. The molecule has 4 nitrogen and oxygen atoms in total. The van der Waals surface area contributed by atoms with Gasteiger partial charge >= 0.3 is 0 Å². The van der Waals surface area contributed by atoms with Crippen LogP contribution in [0.5, 0.6) is 5.75 Å². The summed E-state index contributed by atoms with van der Waals surface area (Å²) in [5, 5.41) is 2.97. The van der Waals surface area contributed by atoms with Crippen molar-refractivity contribution >= 4 is 11.6 Å². The van der Waals surface area contributed by atoms with Crippen molar-refractivity contribution in [2.45, 2.75) is 32.2 Å². The van der Waals surface area contributed by atoms with Gasteiger partial charge in [0, 0.05) is 11.8 Å². The van der Waals surface area contributed by atoms with Gasteiger partial charge in [0.15, 0.2) is 6.04 Å². The van der Waals surface area contributed by atoms with Gasteiger partial charge in [-0.05, 0) is 38.3 Å². The summed E-state index contributed by atoms with van der Waals surface area (Å²) in [6, 6.07) is 7.49. The quantitative estimate of drug-likeness (QED) is 0.854. The number of benzene rings is 1. The number of carbonyl (C=O) groups is 1. The summed E-state index contributed by atoms with van der Waals surface area (Å²) >= 11 is 0. The molecule has 0 spiro atoms. The van der Waals surface area contributed by atoms with Gasteiger partial charge in [-0.2, -0.15) is 0 Å². The number of amides is 1. The van der Waals surface area contributed by atoms with E-state index in [0.717, 1.165) is 24.5 Å². The van der Waals surface area contributed by atoms with E-state index < -0.39 is 0 Å². The highest BCUT2D eigenvalue weighted by molar-refractivity contribution is 5.93. The van der Waals surface area contributed by atoms with E-state index in [-0.39, 0.29) is 11.9 Å². The number of ether oxygens (including phenoxy) is 1. The molecule has 1 saturated heterocycles. The largest absolute Gasteiger partial charge is 0.497 e. The van der Waals surface area contributed by atoms with Crippen LogP contribution < -0.4 is 15.0 Å². The second kappa shape index (κ2) is 6.57. The zero-order chi connectivity index (χ0) is 13.7. The summed E-state index contributed by atoms with van der Waals surface area (Å²) in [6.07, 6.45) is 3.76. The lowest BCUT2D eigenvalue weighted by Gasteiger charge is -2.28. The van der Waals surface area contributed by atoms with Gasteiger partial charge in [0.05, 0.1) is 20.2 Å². The molecule has 19 heavy (non-hydrogen) atoms. The standard InChI is InChI=1S/C15H22N2O2/c1-12(17-9-4-3-5-10-17)15(18)16-13-7-6-8-14(11-13)19-2/h6-8,11-12H,3-5,9-10H2,1-2H3,(H,16,18)/p+1/t12-/m1/s1. The third-order valence-corrected chi connectivity index (χ3v) is 3.84. The van der Waals surface area contributed by atoms with E-state index in [4.69, 9.17) is 4.74 Å². The number of hydrogen-bond acceptors (Lipinski definition) is 2. The van der Waals surface area contributed by atoms with Gasteiger partial charge in [-0.25, -0.2) is 0 Å². The SMILES string of the molecule is COc1cccc(NC(=O)[C@@H](C)[NH+]2CCCCC2)c1. The van der Waals surface area contributed by atoms with E-state index >= 15 is 0 Å². The number of anilines is 1. The highest BCUT2D eigenvalue weighted by atomic mass is 16.5. The van der Waals surface area contributed by atoms with Crippen molar-refractivity contribution in [3.05, 3.63) is 24.3 Å². The molecule has 1 aliphatic rings. The van der Waals surface area contributed by atoms with Gasteiger partial charge in [-0.15, -0.1) is 0 Å². The number of carbonyl (C=O) groups excluding carboxylic acids is 1. The Morgan fingerprint density at radius 2 is 2.05 bits per heavy atom. The van der Waals surface area contributed by atoms with Crippen LogP contribution in [-0.4, -0.2) is 32.1 Å². The maximum absolute atomic E-state index is 12.2. The Bertz CT molecular complexity index is 428. The normalized spacial score (nSPS) is 17.8. The van der Waals surface area contributed by atoms with Gasteiger partial charge in [0.2, 0.25) is 0 Å². The Balaban J connectivity index is 1.95. The van der Waals surface area contributed by atoms with Crippen molar-refractivity contribution < 1.29 is 14.4 Å². The maximum Gasteiger partial charge on any atom is 0.282 e. The first-order valence-corrected chi connectivity index (χ1v) is 7.00. The van der Waals surface area contributed by atoms with Gasteiger partial charge in [-0.1, -0.05) is 6.07 Å². The summed E-state index contributed by atoms with van der Waals surface area (Å²) in [5.41, 5.74) is 0.799. The highest BCUT2D eigenvalue weighted by Crippen LogP contribution is 2.16. The van der Waals surface area contributed by atoms with Crippen molar-refractivity contribution in [1.29, 1.82) is 0 Å². The number of hydrogen-bond donors (Lipinski definition) is 2. The Kier molecular flexibility index (Phi) is 4.80. The third kappa shape index (κ3) is 3.70. The molecule has 1 fully saturated rings. The lowest BCUT2D eigenvalue weighted by molar-refractivity contribution is -0.918. The molecule has 1 atom stereocenters. The number of rotatable bonds is 4. The Morgan fingerprint density at radius 1 is 1.32 bits per heavy atom.